The van der Waals surface area contributed by atoms with Crippen LogP contribution in [0.4, 0.5) is 0 Å². The SMILES string of the molecule is C=C(N)S/C(=C\C)c1ccc(C)c(/C=C(\C)NC)c1. The van der Waals surface area contributed by atoms with Crippen molar-refractivity contribution in [1.82, 2.24) is 5.32 Å². The highest BCUT2D eigenvalue weighted by molar-refractivity contribution is 8.11. The van der Waals surface area contributed by atoms with E-state index in [1.165, 1.54) is 28.5 Å². The summed E-state index contributed by atoms with van der Waals surface area (Å²) in [4.78, 5) is 1.13. The topological polar surface area (TPSA) is 38.0 Å². The van der Waals surface area contributed by atoms with Crippen molar-refractivity contribution in [2.24, 2.45) is 5.73 Å². The van der Waals surface area contributed by atoms with Crippen molar-refractivity contribution >= 4 is 22.7 Å². The van der Waals surface area contributed by atoms with Gasteiger partial charge in [0.15, 0.2) is 0 Å². The van der Waals surface area contributed by atoms with Crippen molar-refractivity contribution in [3.8, 4) is 0 Å². The number of aryl methyl sites for hydroxylation is 1. The Morgan fingerprint density at radius 1 is 1.42 bits per heavy atom. The van der Waals surface area contributed by atoms with Gasteiger partial charge < -0.3 is 11.1 Å². The van der Waals surface area contributed by atoms with Gasteiger partial charge in [0.1, 0.15) is 0 Å². The maximum absolute atomic E-state index is 5.68. The molecule has 0 heterocycles. The summed E-state index contributed by atoms with van der Waals surface area (Å²) in [5.74, 6) is 0. The van der Waals surface area contributed by atoms with Crippen LogP contribution in [0.1, 0.15) is 30.5 Å². The average molecular weight is 274 g/mol. The highest BCUT2D eigenvalue weighted by atomic mass is 32.2. The summed E-state index contributed by atoms with van der Waals surface area (Å²) in [6.45, 7) is 9.93. The van der Waals surface area contributed by atoms with E-state index in [0.717, 1.165) is 10.6 Å². The summed E-state index contributed by atoms with van der Waals surface area (Å²) in [7, 11) is 1.93. The van der Waals surface area contributed by atoms with Gasteiger partial charge in [-0.25, -0.2) is 0 Å². The van der Waals surface area contributed by atoms with E-state index in [1.807, 2.05) is 14.0 Å². The van der Waals surface area contributed by atoms with Gasteiger partial charge in [0.25, 0.3) is 0 Å². The van der Waals surface area contributed by atoms with Crippen LogP contribution in [0.3, 0.4) is 0 Å². The molecule has 0 unspecified atom stereocenters. The lowest BCUT2D eigenvalue weighted by Crippen LogP contribution is -2.01. The van der Waals surface area contributed by atoms with Crippen molar-refractivity contribution < 1.29 is 0 Å². The van der Waals surface area contributed by atoms with E-state index in [0.29, 0.717) is 5.03 Å². The summed E-state index contributed by atoms with van der Waals surface area (Å²) in [5.41, 5.74) is 10.5. The quantitative estimate of drug-likeness (QED) is 0.849. The average Bonchev–Trinajstić information content (AvgIpc) is 2.38. The molecular weight excluding hydrogens is 252 g/mol. The van der Waals surface area contributed by atoms with Crippen LogP contribution >= 0.6 is 11.8 Å². The molecule has 0 aliphatic carbocycles. The van der Waals surface area contributed by atoms with Gasteiger partial charge in [0.2, 0.25) is 0 Å². The Hall–Kier alpha value is -1.61. The molecule has 1 aromatic carbocycles. The number of benzene rings is 1. The maximum Gasteiger partial charge on any atom is 0.0630 e. The van der Waals surface area contributed by atoms with Gasteiger partial charge in [-0.05, 0) is 49.6 Å². The van der Waals surface area contributed by atoms with E-state index >= 15 is 0 Å². The van der Waals surface area contributed by atoms with Crippen molar-refractivity contribution in [2.45, 2.75) is 20.8 Å². The number of rotatable bonds is 5. The van der Waals surface area contributed by atoms with Crippen LogP contribution in [0.15, 0.2) is 41.6 Å². The van der Waals surface area contributed by atoms with Crippen LogP contribution in [0, 0.1) is 6.92 Å². The highest BCUT2D eigenvalue weighted by Crippen LogP contribution is 2.31. The molecule has 1 aromatic rings. The lowest BCUT2D eigenvalue weighted by molar-refractivity contribution is 1.00. The van der Waals surface area contributed by atoms with E-state index in [1.54, 1.807) is 0 Å². The molecule has 0 spiro atoms. The molecule has 0 radical (unpaired) electrons. The van der Waals surface area contributed by atoms with Gasteiger partial charge in [0.05, 0.1) is 5.03 Å². The standard InChI is InChI=1S/C16H22N2S/c1-6-16(19-13(4)17)14-8-7-11(2)15(10-14)9-12(3)18-5/h6-10,18H,4,17H2,1-3,5H3/b12-9+,16-6-. The molecule has 0 saturated carbocycles. The Bertz CT molecular complexity index is 528. The molecule has 0 aromatic heterocycles. The second kappa shape index (κ2) is 7.10. The molecule has 3 heteroatoms. The zero-order chi connectivity index (χ0) is 14.4. The third-order valence-corrected chi connectivity index (χ3v) is 3.79. The molecule has 3 N–H and O–H groups in total. The van der Waals surface area contributed by atoms with Crippen molar-refractivity contribution in [1.29, 1.82) is 0 Å². The molecule has 1 rings (SSSR count). The first kappa shape index (κ1) is 15.4. The molecule has 0 aliphatic heterocycles. The van der Waals surface area contributed by atoms with Crippen molar-refractivity contribution in [3.63, 3.8) is 0 Å². The van der Waals surface area contributed by atoms with Crippen molar-refractivity contribution in [2.75, 3.05) is 7.05 Å². The summed E-state index contributed by atoms with van der Waals surface area (Å²) >= 11 is 1.50. The molecule has 102 valence electrons. The number of nitrogens with two attached hydrogens (primary N) is 1. The third-order valence-electron chi connectivity index (χ3n) is 2.83. The lowest BCUT2D eigenvalue weighted by atomic mass is 10.0. The first-order valence-corrected chi connectivity index (χ1v) is 7.05. The molecule has 0 atom stereocenters. The van der Waals surface area contributed by atoms with E-state index in [2.05, 4.69) is 56.1 Å². The Morgan fingerprint density at radius 2 is 2.11 bits per heavy atom. The third kappa shape index (κ3) is 4.52. The van der Waals surface area contributed by atoms with Crippen LogP contribution in [-0.4, -0.2) is 7.05 Å². The normalized spacial score (nSPS) is 12.4. The first-order valence-electron chi connectivity index (χ1n) is 6.23. The zero-order valence-electron chi connectivity index (χ0n) is 12.1. The monoisotopic (exact) mass is 274 g/mol. The molecule has 0 aliphatic rings. The second-order valence-corrected chi connectivity index (χ2v) is 5.54. The molecule has 19 heavy (non-hydrogen) atoms. The Labute approximate surface area is 120 Å². The highest BCUT2D eigenvalue weighted by Gasteiger charge is 2.05. The molecule has 0 saturated heterocycles. The van der Waals surface area contributed by atoms with Crippen LogP contribution in [0.5, 0.6) is 0 Å². The Morgan fingerprint density at radius 3 is 2.63 bits per heavy atom. The van der Waals surface area contributed by atoms with E-state index in [-0.39, 0.29) is 0 Å². The summed E-state index contributed by atoms with van der Waals surface area (Å²) in [6.07, 6.45) is 4.21. The molecule has 0 bridgehead atoms. The second-order valence-electron chi connectivity index (χ2n) is 4.37. The number of hydrogen-bond donors (Lipinski definition) is 2. The minimum Gasteiger partial charge on any atom is -0.394 e. The summed E-state index contributed by atoms with van der Waals surface area (Å²) in [5, 5.41) is 3.75. The summed E-state index contributed by atoms with van der Waals surface area (Å²) in [6, 6.07) is 6.43. The number of allylic oxidation sites excluding steroid dienone is 2. The van der Waals surface area contributed by atoms with Gasteiger partial charge >= 0.3 is 0 Å². The van der Waals surface area contributed by atoms with Gasteiger partial charge in [-0.15, -0.1) is 0 Å². The van der Waals surface area contributed by atoms with Crippen molar-refractivity contribution in [3.05, 3.63) is 58.3 Å². The molecule has 2 nitrogen and oxygen atoms in total. The Balaban J connectivity index is 3.18. The van der Waals surface area contributed by atoms with Gasteiger partial charge in [-0.3, -0.25) is 0 Å². The molecular formula is C16H22N2S. The van der Waals surface area contributed by atoms with Crippen LogP contribution in [-0.2, 0) is 0 Å². The summed E-state index contributed by atoms with van der Waals surface area (Å²) < 4.78 is 0. The predicted octanol–water partition coefficient (Wildman–Crippen LogP) is 4.10. The van der Waals surface area contributed by atoms with Crippen LogP contribution < -0.4 is 11.1 Å². The first-order chi connectivity index (χ1) is 8.97. The lowest BCUT2D eigenvalue weighted by Gasteiger charge is -2.10. The van der Waals surface area contributed by atoms with Crippen LogP contribution in [0.2, 0.25) is 0 Å². The number of thioether (sulfide) groups is 1. The fourth-order valence-electron chi connectivity index (χ4n) is 1.68. The smallest absolute Gasteiger partial charge is 0.0630 e. The molecule has 0 fully saturated rings. The largest absolute Gasteiger partial charge is 0.394 e. The fraction of sp³-hybridized carbons (Fsp3) is 0.250. The fourth-order valence-corrected chi connectivity index (χ4v) is 2.33. The predicted molar refractivity (Wildman–Crippen MR) is 88.5 cm³/mol. The maximum atomic E-state index is 5.68. The minimum absolute atomic E-state index is 0.608. The van der Waals surface area contributed by atoms with E-state index < -0.39 is 0 Å². The van der Waals surface area contributed by atoms with E-state index in [4.69, 9.17) is 5.73 Å². The van der Waals surface area contributed by atoms with Crippen LogP contribution in [0.25, 0.3) is 11.0 Å². The Kier molecular flexibility index (Phi) is 5.77. The minimum atomic E-state index is 0.608. The zero-order valence-corrected chi connectivity index (χ0v) is 12.9. The number of nitrogens with one attached hydrogen (secondary N) is 1. The van der Waals surface area contributed by atoms with E-state index in [9.17, 15) is 0 Å². The molecule has 0 amide bonds. The van der Waals surface area contributed by atoms with Gasteiger partial charge in [-0.2, -0.15) is 0 Å². The van der Waals surface area contributed by atoms with Gasteiger partial charge in [-0.1, -0.05) is 36.5 Å². The van der Waals surface area contributed by atoms with Gasteiger partial charge in [0, 0.05) is 17.6 Å². The number of hydrogen-bond acceptors (Lipinski definition) is 3.